The van der Waals surface area contributed by atoms with Gasteiger partial charge in [0.2, 0.25) is 0 Å². The lowest BCUT2D eigenvalue weighted by molar-refractivity contribution is 0.0555. The largest absolute Gasteiger partial charge is 0.390 e. The Kier molecular flexibility index (Phi) is 6.64. The van der Waals surface area contributed by atoms with Gasteiger partial charge in [-0.3, -0.25) is 9.69 Å². The van der Waals surface area contributed by atoms with Crippen molar-refractivity contribution in [1.29, 1.82) is 0 Å². The minimum atomic E-state index is -0.533. The summed E-state index contributed by atoms with van der Waals surface area (Å²) < 4.78 is 4.34. The maximum atomic E-state index is 12.5. The fourth-order valence-corrected chi connectivity index (χ4v) is 7.57. The van der Waals surface area contributed by atoms with Gasteiger partial charge < -0.3 is 14.2 Å². The standard InChI is InChI=1S/C36H37N3O2/c1-24-16-25(2)35-31(17-24)34(27-10-5-3-6-11-27)36(28-12-7-4-8-13-28)39(35)23-30(40)22-37-19-26-18-29(21-37)32-14-9-15-33(41)38(32)20-26/h3-17,26,29-30,40H,18-23H2,1-2H3/t26-,29-,30?/m1/s1. The van der Waals surface area contributed by atoms with Crippen LogP contribution in [0.1, 0.15) is 29.2 Å². The molecule has 1 saturated heterocycles. The SMILES string of the molecule is Cc1cc(C)c2c(c1)c(-c1ccccc1)c(-c1ccccc1)n2CC(O)CN1C[C@H]2C[C@H](C1)c1cccc(=O)n1C2. The molecular weight excluding hydrogens is 506 g/mol. The van der Waals surface area contributed by atoms with E-state index in [1.54, 1.807) is 6.07 Å². The molecule has 5 aromatic rings. The molecule has 0 amide bonds. The van der Waals surface area contributed by atoms with Crippen molar-refractivity contribution in [2.45, 2.75) is 45.4 Å². The number of likely N-dealkylation sites (tertiary alicyclic amines) is 1. The summed E-state index contributed by atoms with van der Waals surface area (Å²) >= 11 is 0. The predicted molar refractivity (Wildman–Crippen MR) is 166 cm³/mol. The minimum absolute atomic E-state index is 0.110. The van der Waals surface area contributed by atoms with Crippen molar-refractivity contribution in [3.63, 3.8) is 0 Å². The lowest BCUT2D eigenvalue weighted by Gasteiger charge is -2.43. The molecule has 2 aromatic heterocycles. The molecule has 0 aliphatic carbocycles. The predicted octanol–water partition coefficient (Wildman–Crippen LogP) is 6.23. The minimum Gasteiger partial charge on any atom is -0.390 e. The molecule has 41 heavy (non-hydrogen) atoms. The van der Waals surface area contributed by atoms with Gasteiger partial charge in [0, 0.05) is 54.8 Å². The number of piperidine rings is 1. The van der Waals surface area contributed by atoms with Gasteiger partial charge in [-0.2, -0.15) is 0 Å². The normalized spacial score (nSPS) is 19.3. The Morgan fingerprint density at radius 1 is 0.829 bits per heavy atom. The van der Waals surface area contributed by atoms with Crippen LogP contribution in [0.3, 0.4) is 0 Å². The van der Waals surface area contributed by atoms with Crippen LogP contribution in [0.5, 0.6) is 0 Å². The molecular formula is C36H37N3O2. The maximum Gasteiger partial charge on any atom is 0.250 e. The number of rotatable bonds is 6. The molecule has 2 bridgehead atoms. The van der Waals surface area contributed by atoms with Crippen LogP contribution in [0, 0.1) is 19.8 Å². The zero-order valence-corrected chi connectivity index (χ0v) is 23.8. The first-order valence-corrected chi connectivity index (χ1v) is 14.8. The number of hydrogen-bond acceptors (Lipinski definition) is 3. The van der Waals surface area contributed by atoms with Crippen LogP contribution >= 0.6 is 0 Å². The Hall–Kier alpha value is -3.93. The first-order chi connectivity index (χ1) is 20.0. The average Bonchev–Trinajstić information content (AvgIpc) is 3.28. The van der Waals surface area contributed by atoms with Gasteiger partial charge in [-0.1, -0.05) is 78.4 Å². The highest BCUT2D eigenvalue weighted by molar-refractivity contribution is 6.06. The molecule has 0 saturated carbocycles. The number of β-amino-alcohol motifs (C(OH)–C–C–N with tert-alkyl or cyclic N) is 1. The van der Waals surface area contributed by atoms with E-state index in [4.69, 9.17) is 0 Å². The molecule has 2 aliphatic heterocycles. The number of nitrogens with zero attached hydrogens (tertiary/aromatic N) is 3. The lowest BCUT2D eigenvalue weighted by Crippen LogP contribution is -2.49. The monoisotopic (exact) mass is 543 g/mol. The number of aryl methyl sites for hydroxylation is 2. The van der Waals surface area contributed by atoms with E-state index in [0.717, 1.165) is 43.0 Å². The van der Waals surface area contributed by atoms with Crippen molar-refractivity contribution in [2.24, 2.45) is 5.92 Å². The zero-order chi connectivity index (χ0) is 28.1. The van der Waals surface area contributed by atoms with Gasteiger partial charge >= 0.3 is 0 Å². The molecule has 1 N–H and O–H groups in total. The highest BCUT2D eigenvalue weighted by Crippen LogP contribution is 2.43. The number of aromatic nitrogens is 2. The summed E-state index contributed by atoms with van der Waals surface area (Å²) in [6, 6.07) is 31.5. The molecule has 1 fully saturated rings. The van der Waals surface area contributed by atoms with Crippen molar-refractivity contribution in [3.8, 4) is 22.4 Å². The summed E-state index contributed by atoms with van der Waals surface area (Å²) in [5, 5.41) is 12.9. The summed E-state index contributed by atoms with van der Waals surface area (Å²) in [6.07, 6.45) is 0.587. The topological polar surface area (TPSA) is 50.4 Å². The highest BCUT2D eigenvalue weighted by atomic mass is 16.3. The van der Waals surface area contributed by atoms with E-state index in [1.165, 1.54) is 33.2 Å². The number of hydrogen-bond donors (Lipinski definition) is 1. The summed E-state index contributed by atoms with van der Waals surface area (Å²) in [6.45, 7) is 8.05. The summed E-state index contributed by atoms with van der Waals surface area (Å²) in [7, 11) is 0. The van der Waals surface area contributed by atoms with Gasteiger partial charge in [0.25, 0.3) is 5.56 Å². The first-order valence-electron chi connectivity index (χ1n) is 14.8. The van der Waals surface area contributed by atoms with Crippen molar-refractivity contribution >= 4 is 10.9 Å². The molecule has 5 nitrogen and oxygen atoms in total. The highest BCUT2D eigenvalue weighted by Gasteiger charge is 2.35. The molecule has 3 aromatic carbocycles. The second-order valence-corrected chi connectivity index (χ2v) is 12.1. The molecule has 208 valence electrons. The Balaban J connectivity index is 1.27. The second kappa shape index (κ2) is 10.5. The zero-order valence-electron chi connectivity index (χ0n) is 23.8. The number of pyridine rings is 1. The molecule has 0 radical (unpaired) electrons. The van der Waals surface area contributed by atoms with Crippen LogP contribution in [0.15, 0.2) is 95.8 Å². The first kappa shape index (κ1) is 26.0. The number of fused-ring (bicyclic) bond motifs is 5. The van der Waals surface area contributed by atoms with Gasteiger partial charge in [0.05, 0.1) is 23.9 Å². The molecule has 3 atom stereocenters. The van der Waals surface area contributed by atoms with E-state index in [1.807, 2.05) is 10.6 Å². The molecule has 4 heterocycles. The van der Waals surface area contributed by atoms with E-state index in [0.29, 0.717) is 24.9 Å². The molecule has 7 rings (SSSR count). The smallest absolute Gasteiger partial charge is 0.250 e. The van der Waals surface area contributed by atoms with E-state index in [9.17, 15) is 9.90 Å². The van der Waals surface area contributed by atoms with Crippen molar-refractivity contribution in [2.75, 3.05) is 19.6 Å². The number of benzene rings is 3. The Bertz CT molecular complexity index is 1770. The maximum absolute atomic E-state index is 12.5. The molecule has 1 unspecified atom stereocenters. The molecule has 0 spiro atoms. The van der Waals surface area contributed by atoms with Crippen LogP contribution < -0.4 is 5.56 Å². The van der Waals surface area contributed by atoms with Crippen LogP contribution in [0.4, 0.5) is 0 Å². The van der Waals surface area contributed by atoms with Crippen LogP contribution in [0.2, 0.25) is 0 Å². The van der Waals surface area contributed by atoms with Crippen LogP contribution in [0.25, 0.3) is 33.3 Å². The van der Waals surface area contributed by atoms with Crippen molar-refractivity contribution in [1.82, 2.24) is 14.0 Å². The fourth-order valence-electron chi connectivity index (χ4n) is 7.57. The molecule has 5 heteroatoms. The van der Waals surface area contributed by atoms with E-state index in [2.05, 4.69) is 102 Å². The summed E-state index contributed by atoms with van der Waals surface area (Å²) in [5.41, 5.74) is 9.63. The van der Waals surface area contributed by atoms with E-state index in [-0.39, 0.29) is 5.56 Å². The van der Waals surface area contributed by atoms with Gasteiger partial charge in [0.1, 0.15) is 0 Å². The lowest BCUT2D eigenvalue weighted by atomic mass is 9.83. The molecule has 2 aliphatic rings. The third-order valence-corrected chi connectivity index (χ3v) is 9.02. The average molecular weight is 544 g/mol. The number of aliphatic hydroxyl groups excluding tert-OH is 1. The van der Waals surface area contributed by atoms with Gasteiger partial charge in [-0.25, -0.2) is 0 Å². The summed E-state index contributed by atoms with van der Waals surface area (Å²) in [5.74, 6) is 0.779. The van der Waals surface area contributed by atoms with Crippen LogP contribution in [-0.4, -0.2) is 44.9 Å². The van der Waals surface area contributed by atoms with Crippen molar-refractivity contribution in [3.05, 3.63) is 118 Å². The van der Waals surface area contributed by atoms with Crippen LogP contribution in [-0.2, 0) is 13.1 Å². The third kappa shape index (κ3) is 4.73. The Morgan fingerprint density at radius 3 is 2.32 bits per heavy atom. The van der Waals surface area contributed by atoms with E-state index < -0.39 is 6.10 Å². The Labute approximate surface area is 241 Å². The van der Waals surface area contributed by atoms with E-state index >= 15 is 0 Å². The van der Waals surface area contributed by atoms with Gasteiger partial charge in [-0.05, 0) is 55.0 Å². The fraction of sp³-hybridized carbons (Fsp3) is 0.306. The Morgan fingerprint density at radius 2 is 1.56 bits per heavy atom. The van der Waals surface area contributed by atoms with Crippen molar-refractivity contribution < 1.29 is 5.11 Å². The quantitative estimate of drug-likeness (QED) is 0.276. The number of aliphatic hydroxyl groups is 1. The second-order valence-electron chi connectivity index (χ2n) is 12.1. The van der Waals surface area contributed by atoms with Gasteiger partial charge in [-0.15, -0.1) is 0 Å². The van der Waals surface area contributed by atoms with Gasteiger partial charge in [0.15, 0.2) is 0 Å². The third-order valence-electron chi connectivity index (χ3n) is 9.02. The summed E-state index contributed by atoms with van der Waals surface area (Å²) in [4.78, 5) is 14.9.